The second-order valence-corrected chi connectivity index (χ2v) is 4.48. The normalized spacial score (nSPS) is 10.5. The van der Waals surface area contributed by atoms with Gasteiger partial charge in [0.25, 0.3) is 0 Å². The Morgan fingerprint density at radius 1 is 0.680 bits per heavy atom. The molecule has 0 aliphatic carbocycles. The van der Waals surface area contributed by atoms with E-state index in [1.54, 1.807) is 5.59 Å². The van der Waals surface area contributed by atoms with Crippen LogP contribution in [0.3, 0.4) is 0 Å². The van der Waals surface area contributed by atoms with Gasteiger partial charge in [-0.3, -0.25) is 9.80 Å². The van der Waals surface area contributed by atoms with Gasteiger partial charge >= 0.3 is 23.9 Å². The summed E-state index contributed by atoms with van der Waals surface area (Å²) in [6.07, 6.45) is 0. The molecule has 0 aromatic carbocycles. The lowest BCUT2D eigenvalue weighted by atomic mass is 10.4. The number of nitrogens with one attached hydrogen (secondary N) is 1. The van der Waals surface area contributed by atoms with E-state index in [0.717, 1.165) is 0 Å². The summed E-state index contributed by atoms with van der Waals surface area (Å²) in [5, 5.41) is 0. The fraction of sp³-hybridized carbons (Fsp3) is 0.600. The van der Waals surface area contributed by atoms with Crippen LogP contribution in [0.4, 0.5) is 0 Å². The molecule has 25 heavy (non-hydrogen) atoms. The van der Waals surface area contributed by atoms with E-state index in [4.69, 9.17) is 23.5 Å². The molecule has 0 heterocycles. The van der Waals surface area contributed by atoms with E-state index in [9.17, 15) is 19.2 Å². The molecule has 0 fully saturated rings. The number of hydrogen-bond donors (Lipinski definition) is 5. The van der Waals surface area contributed by atoms with Crippen LogP contribution in [0.25, 0.3) is 0 Å². The highest BCUT2D eigenvalue weighted by molar-refractivity contribution is 5.75. The summed E-state index contributed by atoms with van der Waals surface area (Å²) < 4.78 is 0. The minimum atomic E-state index is -0.831. The summed E-state index contributed by atoms with van der Waals surface area (Å²) in [6.45, 7) is -1.43. The van der Waals surface area contributed by atoms with E-state index in [1.807, 2.05) is 0 Å². The van der Waals surface area contributed by atoms with Crippen molar-refractivity contribution >= 4 is 23.9 Å². The summed E-state index contributed by atoms with van der Waals surface area (Å²) in [5.41, 5.74) is 1.69. The van der Waals surface area contributed by atoms with Crippen LogP contribution in [0.2, 0.25) is 0 Å². The second kappa shape index (κ2) is 13.0. The maximum atomic E-state index is 11.4. The average Bonchev–Trinajstić information content (AvgIpc) is 2.58. The smallest absolute Gasteiger partial charge is 0.340 e. The van der Waals surface area contributed by atoms with E-state index in [-0.39, 0.29) is 39.3 Å². The quantitative estimate of drug-likeness (QED) is 0.160. The van der Waals surface area contributed by atoms with Gasteiger partial charge in [0.2, 0.25) is 0 Å². The molecular weight excluding hydrogens is 346 g/mol. The molecule has 15 heteroatoms. The number of nitrogens with zero attached hydrogens (tertiary/aromatic N) is 2. The number of carbonyl (C=O) groups excluding carboxylic acids is 4. The third-order valence-electron chi connectivity index (χ3n) is 2.71. The van der Waals surface area contributed by atoms with Crippen molar-refractivity contribution in [2.75, 3.05) is 39.3 Å². The molecule has 0 spiro atoms. The fourth-order valence-electron chi connectivity index (χ4n) is 1.65. The Labute approximate surface area is 141 Å². The SMILES string of the molecule is NNOC(=O)CN(CCN(CC(=O)ON)CC(=O)ON)CC(=O)ON. The first-order chi connectivity index (χ1) is 11.9. The van der Waals surface area contributed by atoms with Crippen LogP contribution in [0.15, 0.2) is 0 Å². The Morgan fingerprint density at radius 2 is 1.00 bits per heavy atom. The Balaban J connectivity index is 4.82. The van der Waals surface area contributed by atoms with Crippen molar-refractivity contribution in [3.63, 3.8) is 0 Å². The van der Waals surface area contributed by atoms with E-state index >= 15 is 0 Å². The van der Waals surface area contributed by atoms with Crippen LogP contribution in [0, 0.1) is 0 Å². The highest BCUT2D eigenvalue weighted by Crippen LogP contribution is 1.96. The van der Waals surface area contributed by atoms with Crippen LogP contribution < -0.4 is 29.1 Å². The van der Waals surface area contributed by atoms with Gasteiger partial charge in [-0.2, -0.15) is 17.7 Å². The minimum Gasteiger partial charge on any atom is -0.372 e. The van der Waals surface area contributed by atoms with Gasteiger partial charge in [-0.05, 0) is 0 Å². The zero-order valence-corrected chi connectivity index (χ0v) is 13.2. The number of rotatable bonds is 12. The van der Waals surface area contributed by atoms with Crippen molar-refractivity contribution in [1.82, 2.24) is 15.4 Å². The van der Waals surface area contributed by atoms with Crippen molar-refractivity contribution in [2.24, 2.45) is 23.5 Å². The van der Waals surface area contributed by atoms with Crippen molar-refractivity contribution in [1.29, 1.82) is 0 Å². The number of nitrogens with two attached hydrogens (primary N) is 4. The maximum absolute atomic E-state index is 11.4. The van der Waals surface area contributed by atoms with Crippen molar-refractivity contribution in [2.45, 2.75) is 0 Å². The van der Waals surface area contributed by atoms with Crippen LogP contribution >= 0.6 is 0 Å². The van der Waals surface area contributed by atoms with E-state index in [2.05, 4.69) is 19.4 Å². The zero-order valence-electron chi connectivity index (χ0n) is 13.2. The number of hydrazine groups is 1. The first-order valence-electron chi connectivity index (χ1n) is 6.64. The van der Waals surface area contributed by atoms with Crippen LogP contribution in [-0.4, -0.2) is 72.9 Å². The van der Waals surface area contributed by atoms with Gasteiger partial charge in [-0.15, -0.1) is 0 Å². The summed E-state index contributed by atoms with van der Waals surface area (Å²) in [6, 6.07) is 0. The van der Waals surface area contributed by atoms with E-state index in [0.29, 0.717) is 0 Å². The fourth-order valence-corrected chi connectivity index (χ4v) is 1.65. The second-order valence-electron chi connectivity index (χ2n) is 4.48. The Bertz CT molecular complexity index is 445. The molecule has 15 nitrogen and oxygen atoms in total. The zero-order chi connectivity index (χ0) is 19.2. The lowest BCUT2D eigenvalue weighted by Crippen LogP contribution is -2.45. The molecule has 0 atom stereocenters. The average molecular weight is 367 g/mol. The molecule has 0 unspecified atom stereocenters. The Kier molecular flexibility index (Phi) is 11.7. The molecule has 0 aromatic heterocycles. The molecule has 0 saturated heterocycles. The topological polar surface area (TPSA) is 228 Å². The predicted molar refractivity (Wildman–Crippen MR) is 77.1 cm³/mol. The Morgan fingerprint density at radius 3 is 1.28 bits per heavy atom. The van der Waals surface area contributed by atoms with Gasteiger partial charge in [-0.25, -0.2) is 25.0 Å². The van der Waals surface area contributed by atoms with Gasteiger partial charge in [0, 0.05) is 13.1 Å². The molecule has 0 aliphatic heterocycles. The van der Waals surface area contributed by atoms with Gasteiger partial charge < -0.3 is 19.4 Å². The first-order valence-corrected chi connectivity index (χ1v) is 6.64. The van der Waals surface area contributed by atoms with Crippen LogP contribution in [0.1, 0.15) is 0 Å². The first kappa shape index (κ1) is 22.6. The van der Waals surface area contributed by atoms with Gasteiger partial charge in [0.1, 0.15) is 0 Å². The highest BCUT2D eigenvalue weighted by Gasteiger charge is 2.20. The number of carbonyl (C=O) groups is 4. The number of hydrogen-bond acceptors (Lipinski definition) is 15. The van der Waals surface area contributed by atoms with Crippen molar-refractivity contribution in [3.8, 4) is 0 Å². The molecule has 0 saturated carbocycles. The molecule has 0 rings (SSSR count). The summed E-state index contributed by atoms with van der Waals surface area (Å²) in [4.78, 5) is 64.1. The largest absolute Gasteiger partial charge is 0.372 e. The van der Waals surface area contributed by atoms with Crippen LogP contribution in [-0.2, 0) is 38.5 Å². The van der Waals surface area contributed by atoms with Gasteiger partial charge in [0.05, 0.1) is 26.2 Å². The lowest BCUT2D eigenvalue weighted by molar-refractivity contribution is -0.155. The summed E-state index contributed by atoms with van der Waals surface area (Å²) in [7, 11) is 0. The maximum Gasteiger partial charge on any atom is 0.340 e. The molecule has 0 bridgehead atoms. The molecule has 9 N–H and O–H groups in total. The van der Waals surface area contributed by atoms with Crippen LogP contribution in [0.5, 0.6) is 0 Å². The minimum absolute atomic E-state index is 0.0183. The highest BCUT2D eigenvalue weighted by atomic mass is 16.7. The van der Waals surface area contributed by atoms with E-state index < -0.39 is 23.9 Å². The van der Waals surface area contributed by atoms with Gasteiger partial charge in [0.15, 0.2) is 0 Å². The van der Waals surface area contributed by atoms with Gasteiger partial charge in [-0.1, -0.05) is 5.59 Å². The molecule has 144 valence electrons. The lowest BCUT2D eigenvalue weighted by Gasteiger charge is -2.24. The summed E-state index contributed by atoms with van der Waals surface area (Å²) in [5.74, 6) is 15.8. The standard InChI is InChI=1S/C10H21N7O8/c11-15-25-10(21)6-17(5-9(20)24-14)2-1-16(3-7(18)22-12)4-8(19)23-13/h15H,1-6,11-14H2. The Hall–Kier alpha value is -2.40. The molecule has 0 aliphatic rings. The summed E-state index contributed by atoms with van der Waals surface area (Å²) >= 11 is 0. The third kappa shape index (κ3) is 10.9. The molecule has 0 aromatic rings. The van der Waals surface area contributed by atoms with E-state index in [1.165, 1.54) is 9.80 Å². The molecular formula is C10H21N7O8. The molecule has 0 amide bonds. The third-order valence-corrected chi connectivity index (χ3v) is 2.71. The van der Waals surface area contributed by atoms with Crippen molar-refractivity contribution < 1.29 is 38.5 Å². The molecule has 0 radical (unpaired) electrons. The van der Waals surface area contributed by atoms with Crippen molar-refractivity contribution in [3.05, 3.63) is 0 Å². The monoisotopic (exact) mass is 367 g/mol. The predicted octanol–water partition coefficient (Wildman–Crippen LogP) is -5.24.